The number of nitrogens with one attached hydrogen (secondary N) is 1. The van der Waals surface area contributed by atoms with E-state index < -0.39 is 17.6 Å². The minimum absolute atomic E-state index is 0.0152. The van der Waals surface area contributed by atoms with Crippen molar-refractivity contribution in [2.75, 3.05) is 11.4 Å². The van der Waals surface area contributed by atoms with Crippen LogP contribution in [-0.4, -0.2) is 32.1 Å². The second kappa shape index (κ2) is 5.58. The number of hydrogen-bond acceptors (Lipinski definition) is 5. The molecule has 0 bridgehead atoms. The molecule has 0 saturated heterocycles. The van der Waals surface area contributed by atoms with E-state index in [1.807, 2.05) is 38.1 Å². The van der Waals surface area contributed by atoms with Crippen molar-refractivity contribution in [1.29, 1.82) is 0 Å². The molecule has 0 unspecified atom stereocenters. The molecule has 3 heterocycles. The van der Waals surface area contributed by atoms with Gasteiger partial charge < -0.3 is 14.6 Å². The fourth-order valence-electron chi connectivity index (χ4n) is 3.11. The van der Waals surface area contributed by atoms with Gasteiger partial charge in [-0.2, -0.15) is 13.2 Å². The van der Waals surface area contributed by atoms with E-state index in [-0.39, 0.29) is 11.5 Å². The van der Waals surface area contributed by atoms with Gasteiger partial charge in [0, 0.05) is 12.1 Å². The van der Waals surface area contributed by atoms with Crippen molar-refractivity contribution in [1.82, 2.24) is 19.9 Å². The molecule has 1 aromatic carbocycles. The number of para-hydroxylation sites is 1. The van der Waals surface area contributed by atoms with Crippen LogP contribution in [0.25, 0.3) is 11.2 Å². The quantitative estimate of drug-likeness (QED) is 0.716. The fourth-order valence-corrected chi connectivity index (χ4v) is 3.11. The molecule has 136 valence electrons. The highest BCUT2D eigenvalue weighted by Crippen LogP contribution is 2.35. The van der Waals surface area contributed by atoms with Crippen molar-refractivity contribution in [2.45, 2.75) is 32.2 Å². The number of ether oxygens (including phenoxy) is 1. The van der Waals surface area contributed by atoms with E-state index in [1.165, 1.54) is 6.33 Å². The number of alkyl halides is 3. The molecule has 9 heteroatoms. The van der Waals surface area contributed by atoms with Crippen LogP contribution in [0.2, 0.25) is 0 Å². The van der Waals surface area contributed by atoms with Crippen molar-refractivity contribution in [3.63, 3.8) is 0 Å². The molecule has 26 heavy (non-hydrogen) atoms. The molecule has 0 fully saturated rings. The lowest BCUT2D eigenvalue weighted by Gasteiger charge is -2.30. The van der Waals surface area contributed by atoms with Crippen molar-refractivity contribution in [2.24, 2.45) is 0 Å². The van der Waals surface area contributed by atoms with Crippen LogP contribution in [-0.2, 0) is 12.7 Å². The van der Waals surface area contributed by atoms with Gasteiger partial charge in [0.2, 0.25) is 5.82 Å². The van der Waals surface area contributed by atoms with E-state index in [9.17, 15) is 13.2 Å². The van der Waals surface area contributed by atoms with E-state index in [4.69, 9.17) is 4.74 Å². The molecule has 1 aliphatic heterocycles. The first-order chi connectivity index (χ1) is 12.2. The first-order valence-electron chi connectivity index (χ1n) is 8.03. The van der Waals surface area contributed by atoms with Gasteiger partial charge in [-0.3, -0.25) is 0 Å². The lowest BCUT2D eigenvalue weighted by atomic mass is 10.1. The normalized spacial score (nSPS) is 16.9. The van der Waals surface area contributed by atoms with Gasteiger partial charge in [0.25, 0.3) is 0 Å². The Kier molecular flexibility index (Phi) is 3.57. The first kappa shape index (κ1) is 16.6. The zero-order valence-electron chi connectivity index (χ0n) is 14.1. The highest BCUT2D eigenvalue weighted by Gasteiger charge is 2.38. The van der Waals surface area contributed by atoms with E-state index in [0.717, 1.165) is 5.56 Å². The highest BCUT2D eigenvalue weighted by molar-refractivity contribution is 5.83. The number of nitrogens with zero attached hydrogens (tertiary/aromatic N) is 4. The van der Waals surface area contributed by atoms with Crippen molar-refractivity contribution < 1.29 is 17.9 Å². The van der Waals surface area contributed by atoms with Crippen LogP contribution >= 0.6 is 0 Å². The topological polar surface area (TPSA) is 66.9 Å². The third-order valence-corrected chi connectivity index (χ3v) is 4.11. The van der Waals surface area contributed by atoms with Gasteiger partial charge >= 0.3 is 6.18 Å². The molecule has 0 spiro atoms. The Hall–Kier alpha value is -2.84. The average Bonchev–Trinajstić information content (AvgIpc) is 2.97. The summed E-state index contributed by atoms with van der Waals surface area (Å²) in [6.45, 7) is 4.49. The summed E-state index contributed by atoms with van der Waals surface area (Å²) in [5, 5.41) is 0. The smallest absolute Gasteiger partial charge is 0.451 e. The molecule has 3 aromatic rings. The van der Waals surface area contributed by atoms with Crippen LogP contribution in [0.3, 0.4) is 0 Å². The summed E-state index contributed by atoms with van der Waals surface area (Å²) in [4.78, 5) is 15.8. The number of H-pyrrole nitrogens is 1. The molecular formula is C17H16F3N5O. The maximum Gasteiger partial charge on any atom is 0.451 e. The minimum Gasteiger partial charge on any atom is -0.486 e. The predicted molar refractivity (Wildman–Crippen MR) is 88.9 cm³/mol. The second-order valence-corrected chi connectivity index (χ2v) is 6.80. The monoisotopic (exact) mass is 363 g/mol. The Labute approximate surface area is 147 Å². The Balaban J connectivity index is 1.87. The van der Waals surface area contributed by atoms with Crippen molar-refractivity contribution in [3.8, 4) is 5.75 Å². The number of hydrogen-bond donors (Lipinski definition) is 1. The van der Waals surface area contributed by atoms with E-state index in [2.05, 4.69) is 19.9 Å². The molecule has 2 aromatic heterocycles. The minimum atomic E-state index is -4.66. The lowest BCUT2D eigenvalue weighted by Crippen LogP contribution is -2.41. The van der Waals surface area contributed by atoms with Crippen molar-refractivity contribution >= 4 is 17.0 Å². The number of halogens is 3. The summed E-state index contributed by atoms with van der Waals surface area (Å²) in [7, 11) is 0. The van der Waals surface area contributed by atoms with E-state index in [1.54, 1.807) is 4.90 Å². The maximum atomic E-state index is 13.2. The van der Waals surface area contributed by atoms with Gasteiger partial charge in [0.15, 0.2) is 11.5 Å². The molecule has 0 atom stereocenters. The van der Waals surface area contributed by atoms with Crippen LogP contribution in [0.1, 0.15) is 25.2 Å². The number of imidazole rings is 1. The average molecular weight is 363 g/mol. The third kappa shape index (κ3) is 2.93. The van der Waals surface area contributed by atoms with E-state index in [0.29, 0.717) is 24.4 Å². The number of benzene rings is 1. The summed E-state index contributed by atoms with van der Waals surface area (Å²) >= 11 is 0. The summed E-state index contributed by atoms with van der Waals surface area (Å²) in [6, 6.07) is 7.48. The summed E-state index contributed by atoms with van der Waals surface area (Å²) in [6.07, 6.45) is -3.34. The zero-order valence-corrected chi connectivity index (χ0v) is 14.1. The largest absolute Gasteiger partial charge is 0.486 e. The van der Waals surface area contributed by atoms with Gasteiger partial charge in [-0.05, 0) is 19.9 Å². The van der Waals surface area contributed by atoms with Crippen LogP contribution in [0.5, 0.6) is 5.75 Å². The van der Waals surface area contributed by atoms with Crippen LogP contribution in [0, 0.1) is 0 Å². The zero-order chi connectivity index (χ0) is 18.5. The van der Waals surface area contributed by atoms with Gasteiger partial charge in [0.1, 0.15) is 16.9 Å². The first-order valence-corrected chi connectivity index (χ1v) is 8.03. The number of fused-ring (bicyclic) bond motifs is 2. The summed E-state index contributed by atoms with van der Waals surface area (Å²) < 4.78 is 45.8. The Morgan fingerprint density at radius 1 is 1.19 bits per heavy atom. The SMILES string of the molecule is CC1(C)CN(c2nc(C(F)(F)F)nc3nc[nH]c23)Cc2ccccc2O1. The third-order valence-electron chi connectivity index (χ3n) is 4.11. The molecule has 1 N–H and O–H groups in total. The molecule has 0 aliphatic carbocycles. The summed E-state index contributed by atoms with van der Waals surface area (Å²) in [5.41, 5.74) is 0.604. The fraction of sp³-hybridized carbons (Fsp3) is 0.353. The Morgan fingerprint density at radius 2 is 1.96 bits per heavy atom. The van der Waals surface area contributed by atoms with Crippen LogP contribution < -0.4 is 9.64 Å². The molecular weight excluding hydrogens is 347 g/mol. The predicted octanol–water partition coefficient (Wildman–Crippen LogP) is 3.55. The van der Waals surface area contributed by atoms with Gasteiger partial charge in [-0.1, -0.05) is 18.2 Å². The number of rotatable bonds is 1. The van der Waals surface area contributed by atoms with Gasteiger partial charge in [-0.25, -0.2) is 15.0 Å². The number of aromatic amines is 1. The van der Waals surface area contributed by atoms with Crippen molar-refractivity contribution in [3.05, 3.63) is 42.0 Å². The molecule has 4 rings (SSSR count). The second-order valence-electron chi connectivity index (χ2n) is 6.80. The summed E-state index contributed by atoms with van der Waals surface area (Å²) in [5.74, 6) is -0.331. The molecule has 0 radical (unpaired) electrons. The van der Waals surface area contributed by atoms with Gasteiger partial charge in [-0.15, -0.1) is 0 Å². The standard InChI is InChI=1S/C17H16F3N5O/c1-16(2)8-25(7-10-5-3-4-6-11(10)26-16)14-12-13(22-9-21-12)23-15(24-14)17(18,19)20/h3-6,9H,7-8H2,1-2H3,(H,21,22,23,24). The molecule has 0 saturated carbocycles. The highest BCUT2D eigenvalue weighted by atomic mass is 19.4. The van der Waals surface area contributed by atoms with Crippen LogP contribution in [0.15, 0.2) is 30.6 Å². The number of anilines is 1. The molecule has 6 nitrogen and oxygen atoms in total. The molecule has 0 amide bonds. The number of aromatic nitrogens is 4. The van der Waals surface area contributed by atoms with E-state index >= 15 is 0 Å². The molecule has 1 aliphatic rings. The Morgan fingerprint density at radius 3 is 2.73 bits per heavy atom. The lowest BCUT2D eigenvalue weighted by molar-refractivity contribution is -0.144. The maximum absolute atomic E-state index is 13.2. The van der Waals surface area contributed by atoms with Gasteiger partial charge in [0.05, 0.1) is 12.9 Å². The van der Waals surface area contributed by atoms with Crippen LogP contribution in [0.4, 0.5) is 19.0 Å². The Bertz CT molecular complexity index is 966.